The van der Waals surface area contributed by atoms with Gasteiger partial charge in [0.25, 0.3) is 0 Å². The van der Waals surface area contributed by atoms with Crippen LogP contribution in [0.4, 0.5) is 0 Å². The summed E-state index contributed by atoms with van der Waals surface area (Å²) in [7, 11) is 2.19. The molecule has 7 nitrogen and oxygen atoms in total. The van der Waals surface area contributed by atoms with E-state index in [1.807, 2.05) is 0 Å². The maximum atomic E-state index is 12.6. The number of rotatable bonds is 5. The van der Waals surface area contributed by atoms with Crippen LogP contribution in [-0.4, -0.2) is 63.2 Å². The monoisotopic (exact) mass is 447 g/mol. The predicted molar refractivity (Wildman–Crippen MR) is 126 cm³/mol. The average Bonchev–Trinajstić information content (AvgIpc) is 3.45. The highest BCUT2D eigenvalue weighted by molar-refractivity contribution is 8.16. The standard InChI is InChI=1S/C19H33N3OS.C4H4N2O/c1-5-14-10-13(2)16(11-14)20-18-21-17(23)19(3,24-18)12-15-6-8-22(4)9-7-15;7-3-4-5-1-2-6-4/h13-16H,5-12H2,1-4H3,(H,20,21,23);1-3H,(H,5,6). The summed E-state index contributed by atoms with van der Waals surface area (Å²) in [6, 6.07) is 0.392. The number of amidine groups is 1. The van der Waals surface area contributed by atoms with Gasteiger partial charge in [0.2, 0.25) is 5.91 Å². The van der Waals surface area contributed by atoms with Crippen LogP contribution >= 0.6 is 11.8 Å². The van der Waals surface area contributed by atoms with Crippen molar-refractivity contribution in [3.63, 3.8) is 0 Å². The van der Waals surface area contributed by atoms with Crippen LogP contribution in [0, 0.1) is 17.8 Å². The number of amides is 1. The molecule has 1 aliphatic carbocycles. The highest BCUT2D eigenvalue weighted by atomic mass is 32.2. The number of aromatic amines is 1. The number of thioether (sulfide) groups is 1. The van der Waals surface area contributed by atoms with Crippen molar-refractivity contribution >= 4 is 29.1 Å². The van der Waals surface area contributed by atoms with Crippen molar-refractivity contribution in [2.75, 3.05) is 20.1 Å². The lowest BCUT2D eigenvalue weighted by Crippen LogP contribution is -2.38. The zero-order chi connectivity index (χ0) is 22.4. The Morgan fingerprint density at radius 1 is 1.32 bits per heavy atom. The number of carbonyl (C=O) groups is 2. The van der Waals surface area contributed by atoms with Gasteiger partial charge in [-0.15, -0.1) is 0 Å². The summed E-state index contributed by atoms with van der Waals surface area (Å²) in [6.45, 7) is 9.01. The van der Waals surface area contributed by atoms with Crippen molar-refractivity contribution in [2.45, 2.75) is 70.1 Å². The quantitative estimate of drug-likeness (QED) is 0.671. The summed E-state index contributed by atoms with van der Waals surface area (Å²) in [5.41, 5.74) is 0. The largest absolute Gasteiger partial charge is 0.342 e. The fourth-order valence-electron chi connectivity index (χ4n) is 4.88. The molecule has 3 aliphatic rings. The molecule has 172 valence electrons. The molecule has 1 saturated carbocycles. The third kappa shape index (κ3) is 6.42. The number of H-pyrrole nitrogens is 1. The molecule has 2 aliphatic heterocycles. The molecule has 31 heavy (non-hydrogen) atoms. The Kier molecular flexibility index (Phi) is 8.33. The van der Waals surface area contributed by atoms with Crippen molar-refractivity contribution in [2.24, 2.45) is 22.7 Å². The van der Waals surface area contributed by atoms with Crippen molar-refractivity contribution in [3.05, 3.63) is 18.2 Å². The molecule has 3 fully saturated rings. The molecule has 4 unspecified atom stereocenters. The zero-order valence-corrected chi connectivity index (χ0v) is 20.1. The van der Waals surface area contributed by atoms with Gasteiger partial charge in [0.15, 0.2) is 17.3 Å². The molecule has 4 atom stereocenters. The van der Waals surface area contributed by atoms with Crippen LogP contribution in [-0.2, 0) is 4.79 Å². The molecular weight excluding hydrogens is 410 g/mol. The Morgan fingerprint density at radius 3 is 2.61 bits per heavy atom. The molecule has 8 heteroatoms. The Bertz CT molecular complexity index is 760. The minimum atomic E-state index is -0.328. The van der Waals surface area contributed by atoms with Gasteiger partial charge in [-0.1, -0.05) is 32.0 Å². The fourth-order valence-corrected chi connectivity index (χ4v) is 6.10. The number of aldehydes is 1. The summed E-state index contributed by atoms with van der Waals surface area (Å²) in [5.74, 6) is 2.66. The first kappa shape index (κ1) is 24.0. The van der Waals surface area contributed by atoms with Gasteiger partial charge in [0, 0.05) is 12.4 Å². The molecule has 1 amide bonds. The average molecular weight is 448 g/mol. The topological polar surface area (TPSA) is 90.4 Å². The second-order valence-corrected chi connectivity index (χ2v) is 11.0. The molecular formula is C23H37N5O2S. The number of nitrogens with zero attached hydrogens (tertiary/aromatic N) is 3. The van der Waals surface area contributed by atoms with E-state index in [1.165, 1.54) is 38.3 Å². The van der Waals surface area contributed by atoms with Crippen LogP contribution in [0.1, 0.15) is 69.9 Å². The second-order valence-electron chi connectivity index (χ2n) is 9.55. The first-order valence-electron chi connectivity index (χ1n) is 11.5. The molecule has 4 rings (SSSR count). The van der Waals surface area contributed by atoms with E-state index in [-0.39, 0.29) is 10.7 Å². The number of piperidine rings is 1. The van der Waals surface area contributed by atoms with Crippen LogP contribution in [0.2, 0.25) is 0 Å². The van der Waals surface area contributed by atoms with Crippen molar-refractivity contribution in [1.82, 2.24) is 20.2 Å². The molecule has 0 aromatic carbocycles. The van der Waals surface area contributed by atoms with Crippen LogP contribution in [0.3, 0.4) is 0 Å². The number of aliphatic imine (C=N–C) groups is 1. The number of carbonyl (C=O) groups excluding carboxylic acids is 2. The number of aromatic nitrogens is 2. The minimum absolute atomic E-state index is 0.169. The molecule has 3 heterocycles. The van der Waals surface area contributed by atoms with Gasteiger partial charge in [-0.2, -0.15) is 0 Å². The number of imidazole rings is 1. The predicted octanol–water partition coefficient (Wildman–Crippen LogP) is 3.74. The van der Waals surface area contributed by atoms with E-state index in [0.29, 0.717) is 30.0 Å². The van der Waals surface area contributed by atoms with Crippen molar-refractivity contribution in [1.29, 1.82) is 0 Å². The van der Waals surface area contributed by atoms with Crippen LogP contribution < -0.4 is 5.32 Å². The smallest absolute Gasteiger partial charge is 0.242 e. The summed E-state index contributed by atoms with van der Waals surface area (Å²) in [5, 5.41) is 3.97. The summed E-state index contributed by atoms with van der Waals surface area (Å²) in [6.07, 6.45) is 10.9. The van der Waals surface area contributed by atoms with Crippen LogP contribution in [0.25, 0.3) is 0 Å². The Labute approximate surface area is 190 Å². The molecule has 2 N–H and O–H groups in total. The second kappa shape index (κ2) is 10.8. The number of likely N-dealkylation sites (tertiary alicyclic amines) is 1. The highest BCUT2D eigenvalue weighted by Gasteiger charge is 2.44. The Hall–Kier alpha value is -1.67. The van der Waals surface area contributed by atoms with Crippen molar-refractivity contribution < 1.29 is 9.59 Å². The first-order valence-corrected chi connectivity index (χ1v) is 12.4. The van der Waals surface area contributed by atoms with Gasteiger partial charge in [-0.3, -0.25) is 14.6 Å². The number of nitrogens with one attached hydrogen (secondary N) is 2. The van der Waals surface area contributed by atoms with Gasteiger partial charge in [0.1, 0.15) is 0 Å². The molecule has 1 aromatic heterocycles. The van der Waals surface area contributed by atoms with Gasteiger partial charge in [0.05, 0.1) is 10.8 Å². The normalized spacial score (nSPS) is 33.2. The minimum Gasteiger partial charge on any atom is -0.342 e. The molecule has 0 bridgehead atoms. The van der Waals surface area contributed by atoms with E-state index in [0.717, 1.165) is 30.6 Å². The number of hydrogen-bond acceptors (Lipinski definition) is 6. The van der Waals surface area contributed by atoms with Crippen LogP contribution in [0.5, 0.6) is 0 Å². The maximum Gasteiger partial charge on any atom is 0.242 e. The zero-order valence-electron chi connectivity index (χ0n) is 19.3. The SMILES string of the molecule is CCC1CC(C)C(N=C2NC(=O)C(C)(CC3CCN(C)CC3)S2)C1.O=Cc1ncc[nH]1. The van der Waals surface area contributed by atoms with Crippen LogP contribution in [0.15, 0.2) is 17.4 Å². The lowest BCUT2D eigenvalue weighted by molar-refractivity contribution is -0.121. The van der Waals surface area contributed by atoms with Crippen molar-refractivity contribution in [3.8, 4) is 0 Å². The van der Waals surface area contributed by atoms with E-state index < -0.39 is 0 Å². The molecule has 2 saturated heterocycles. The van der Waals surface area contributed by atoms with Gasteiger partial charge < -0.3 is 15.2 Å². The maximum absolute atomic E-state index is 12.6. The number of hydrogen-bond donors (Lipinski definition) is 2. The lowest BCUT2D eigenvalue weighted by atomic mass is 9.87. The van der Waals surface area contributed by atoms with E-state index in [4.69, 9.17) is 4.99 Å². The molecule has 1 aromatic rings. The van der Waals surface area contributed by atoms with Gasteiger partial charge in [-0.25, -0.2) is 4.98 Å². The summed E-state index contributed by atoms with van der Waals surface area (Å²) in [4.78, 5) is 35.9. The third-order valence-corrected chi connectivity index (χ3v) is 8.17. The van der Waals surface area contributed by atoms with Gasteiger partial charge in [-0.05, 0) is 76.9 Å². The van der Waals surface area contributed by atoms with Gasteiger partial charge >= 0.3 is 0 Å². The molecule has 0 spiro atoms. The highest BCUT2D eigenvalue weighted by Crippen LogP contribution is 2.41. The van der Waals surface area contributed by atoms with E-state index in [1.54, 1.807) is 18.0 Å². The van der Waals surface area contributed by atoms with E-state index >= 15 is 0 Å². The van der Waals surface area contributed by atoms with E-state index in [9.17, 15) is 9.59 Å². The van der Waals surface area contributed by atoms with E-state index in [2.05, 4.69) is 48.0 Å². The fraction of sp³-hybridized carbons (Fsp3) is 0.739. The third-order valence-electron chi connectivity index (χ3n) is 6.97. The summed E-state index contributed by atoms with van der Waals surface area (Å²) >= 11 is 1.69. The Morgan fingerprint density at radius 2 is 2.06 bits per heavy atom. The first-order chi connectivity index (χ1) is 14.8. The lowest BCUT2D eigenvalue weighted by Gasteiger charge is -2.32. The summed E-state index contributed by atoms with van der Waals surface area (Å²) < 4.78 is -0.328. The molecule has 0 radical (unpaired) electrons. The Balaban J connectivity index is 0.000000330.